The van der Waals surface area contributed by atoms with E-state index < -0.39 is 12.0 Å². The lowest BCUT2D eigenvalue weighted by molar-refractivity contribution is -0.141. The number of rotatable bonds is 5. The quantitative estimate of drug-likeness (QED) is 0.813. The largest absolute Gasteiger partial charge is 0.480 e. The van der Waals surface area contributed by atoms with Crippen LogP contribution in [0.2, 0.25) is 0 Å². The van der Waals surface area contributed by atoms with E-state index in [-0.39, 0.29) is 18.7 Å². The lowest BCUT2D eigenvalue weighted by atomic mass is 10.0. The second kappa shape index (κ2) is 6.40. The number of nitrogens with zero attached hydrogens (tertiary/aromatic N) is 1. The first-order valence-electron chi connectivity index (χ1n) is 5.58. The Bertz CT molecular complexity index is 474. The first kappa shape index (κ1) is 13.7. The molecule has 1 aromatic rings. The van der Waals surface area contributed by atoms with Crippen molar-refractivity contribution in [1.29, 1.82) is 5.26 Å². The highest BCUT2D eigenvalue weighted by Gasteiger charge is 2.19. The molecule has 0 unspecified atom stereocenters. The van der Waals surface area contributed by atoms with E-state index in [1.807, 2.05) is 6.07 Å². The van der Waals surface area contributed by atoms with Crippen LogP contribution in [0.4, 0.5) is 0 Å². The van der Waals surface area contributed by atoms with Crippen molar-refractivity contribution in [2.75, 3.05) is 0 Å². The van der Waals surface area contributed by atoms with Gasteiger partial charge in [0.2, 0.25) is 5.91 Å². The van der Waals surface area contributed by atoms with Crippen LogP contribution >= 0.6 is 0 Å². The number of amides is 1. The van der Waals surface area contributed by atoms with Crippen LogP contribution in [0.1, 0.15) is 24.5 Å². The van der Waals surface area contributed by atoms with Gasteiger partial charge in [0.15, 0.2) is 0 Å². The zero-order valence-corrected chi connectivity index (χ0v) is 10.0. The fourth-order valence-corrected chi connectivity index (χ4v) is 1.45. The summed E-state index contributed by atoms with van der Waals surface area (Å²) >= 11 is 0. The molecule has 0 saturated heterocycles. The first-order chi connectivity index (χ1) is 8.56. The molecule has 2 N–H and O–H groups in total. The number of nitrogens with one attached hydrogen (secondary N) is 1. The van der Waals surface area contributed by atoms with Gasteiger partial charge in [-0.1, -0.05) is 19.1 Å². The number of carbonyl (C=O) groups excluding carboxylic acids is 1. The Morgan fingerprint density at radius 2 is 2.00 bits per heavy atom. The maximum atomic E-state index is 11.2. The molecule has 5 heteroatoms. The van der Waals surface area contributed by atoms with Crippen molar-refractivity contribution < 1.29 is 14.7 Å². The Morgan fingerprint density at radius 1 is 1.39 bits per heavy atom. The Labute approximate surface area is 105 Å². The van der Waals surface area contributed by atoms with E-state index in [0.717, 1.165) is 5.56 Å². The standard InChI is InChI=1S/C13H14N2O3/c1-2-12(16)15-11(13(17)18)7-9-3-5-10(8-14)6-4-9/h3-6,11H,2,7H2,1H3,(H,15,16)(H,17,18)/t11-/m1/s1. The molecule has 1 atom stereocenters. The molecule has 0 aliphatic rings. The van der Waals surface area contributed by atoms with Crippen molar-refractivity contribution in [2.24, 2.45) is 0 Å². The second-order valence-corrected chi connectivity index (χ2v) is 3.82. The molecule has 0 spiro atoms. The molecule has 0 fully saturated rings. The van der Waals surface area contributed by atoms with Crippen molar-refractivity contribution >= 4 is 11.9 Å². The topological polar surface area (TPSA) is 90.2 Å². The average molecular weight is 246 g/mol. The van der Waals surface area contributed by atoms with Gasteiger partial charge >= 0.3 is 5.97 Å². The summed E-state index contributed by atoms with van der Waals surface area (Å²) in [5.41, 5.74) is 1.28. The third-order valence-electron chi connectivity index (χ3n) is 2.48. The monoisotopic (exact) mass is 246 g/mol. The smallest absolute Gasteiger partial charge is 0.326 e. The maximum absolute atomic E-state index is 11.2. The Balaban J connectivity index is 2.74. The summed E-state index contributed by atoms with van der Waals surface area (Å²) in [6.07, 6.45) is 0.448. The van der Waals surface area contributed by atoms with Gasteiger partial charge in [-0.15, -0.1) is 0 Å². The first-order valence-corrected chi connectivity index (χ1v) is 5.58. The van der Waals surface area contributed by atoms with Gasteiger partial charge in [0, 0.05) is 12.8 Å². The van der Waals surface area contributed by atoms with Crippen molar-refractivity contribution in [3.8, 4) is 6.07 Å². The molecule has 0 saturated carbocycles. The summed E-state index contributed by atoms with van der Waals surface area (Å²) < 4.78 is 0. The summed E-state index contributed by atoms with van der Waals surface area (Å²) in [6, 6.07) is 7.66. The van der Waals surface area contributed by atoms with Gasteiger partial charge in [-0.05, 0) is 17.7 Å². The van der Waals surface area contributed by atoms with E-state index in [4.69, 9.17) is 10.4 Å². The fraction of sp³-hybridized carbons (Fsp3) is 0.308. The van der Waals surface area contributed by atoms with Crippen LogP contribution in [0.5, 0.6) is 0 Å². The number of nitriles is 1. The SMILES string of the molecule is CCC(=O)N[C@H](Cc1ccc(C#N)cc1)C(=O)O. The van der Waals surface area contributed by atoms with Crippen molar-refractivity contribution in [1.82, 2.24) is 5.32 Å². The molecule has 1 rings (SSSR count). The highest BCUT2D eigenvalue weighted by atomic mass is 16.4. The maximum Gasteiger partial charge on any atom is 0.326 e. The third kappa shape index (κ3) is 3.91. The van der Waals surface area contributed by atoms with Crippen molar-refractivity contribution in [2.45, 2.75) is 25.8 Å². The second-order valence-electron chi connectivity index (χ2n) is 3.82. The molecule has 18 heavy (non-hydrogen) atoms. The van der Waals surface area contributed by atoms with E-state index in [0.29, 0.717) is 5.56 Å². The van der Waals surface area contributed by atoms with E-state index in [1.54, 1.807) is 31.2 Å². The highest BCUT2D eigenvalue weighted by Crippen LogP contribution is 2.06. The summed E-state index contributed by atoms with van der Waals surface area (Å²) in [6.45, 7) is 1.66. The molecular weight excluding hydrogens is 232 g/mol. The Hall–Kier alpha value is -2.35. The van der Waals surface area contributed by atoms with Crippen molar-refractivity contribution in [3.63, 3.8) is 0 Å². The third-order valence-corrected chi connectivity index (χ3v) is 2.48. The number of aliphatic carboxylic acids is 1. The van der Waals surface area contributed by atoms with Crippen LogP contribution in [0, 0.1) is 11.3 Å². The number of carbonyl (C=O) groups is 2. The van der Waals surface area contributed by atoms with Crippen LogP contribution in [0.25, 0.3) is 0 Å². The van der Waals surface area contributed by atoms with Crippen molar-refractivity contribution in [3.05, 3.63) is 35.4 Å². The lowest BCUT2D eigenvalue weighted by Gasteiger charge is -2.14. The summed E-state index contributed by atoms with van der Waals surface area (Å²) in [7, 11) is 0. The minimum absolute atomic E-state index is 0.201. The number of benzene rings is 1. The number of hydrogen-bond acceptors (Lipinski definition) is 3. The van der Waals surface area contributed by atoms with Gasteiger partial charge in [0.25, 0.3) is 0 Å². The van der Waals surface area contributed by atoms with Crippen LogP contribution in [-0.2, 0) is 16.0 Å². The van der Waals surface area contributed by atoms with Crippen LogP contribution in [0.3, 0.4) is 0 Å². The molecule has 0 aromatic heterocycles. The predicted octanol–water partition coefficient (Wildman–Crippen LogP) is 1.08. The summed E-state index contributed by atoms with van der Waals surface area (Å²) in [4.78, 5) is 22.2. The average Bonchev–Trinajstić information content (AvgIpc) is 2.38. The molecule has 1 amide bonds. The molecule has 94 valence electrons. The molecule has 0 bridgehead atoms. The molecular formula is C13H14N2O3. The van der Waals surface area contributed by atoms with E-state index in [1.165, 1.54) is 0 Å². The van der Waals surface area contributed by atoms with E-state index in [9.17, 15) is 9.59 Å². The minimum Gasteiger partial charge on any atom is -0.480 e. The molecule has 0 aliphatic heterocycles. The zero-order chi connectivity index (χ0) is 13.5. The van der Waals surface area contributed by atoms with Gasteiger partial charge in [-0.3, -0.25) is 4.79 Å². The molecule has 5 nitrogen and oxygen atoms in total. The van der Waals surface area contributed by atoms with Gasteiger partial charge < -0.3 is 10.4 Å². The highest BCUT2D eigenvalue weighted by molar-refractivity contribution is 5.83. The van der Waals surface area contributed by atoms with Crippen LogP contribution in [-0.4, -0.2) is 23.0 Å². The molecule has 0 aliphatic carbocycles. The fourth-order valence-electron chi connectivity index (χ4n) is 1.45. The molecule has 0 radical (unpaired) electrons. The predicted molar refractivity (Wildman–Crippen MR) is 64.7 cm³/mol. The Kier molecular flexibility index (Phi) is 4.88. The number of hydrogen-bond donors (Lipinski definition) is 2. The van der Waals surface area contributed by atoms with E-state index >= 15 is 0 Å². The van der Waals surface area contributed by atoms with Crippen LogP contribution in [0.15, 0.2) is 24.3 Å². The van der Waals surface area contributed by atoms with Gasteiger partial charge in [0.1, 0.15) is 6.04 Å². The Morgan fingerprint density at radius 3 is 2.44 bits per heavy atom. The van der Waals surface area contributed by atoms with E-state index in [2.05, 4.69) is 5.32 Å². The van der Waals surface area contributed by atoms with Crippen LogP contribution < -0.4 is 5.32 Å². The normalized spacial score (nSPS) is 11.3. The number of carboxylic acids is 1. The molecule has 0 heterocycles. The van der Waals surface area contributed by atoms with Gasteiger partial charge in [-0.2, -0.15) is 5.26 Å². The summed E-state index contributed by atoms with van der Waals surface area (Å²) in [5.74, 6) is -1.36. The van der Waals surface area contributed by atoms with Gasteiger partial charge in [-0.25, -0.2) is 4.79 Å². The lowest BCUT2D eigenvalue weighted by Crippen LogP contribution is -2.42. The van der Waals surface area contributed by atoms with Gasteiger partial charge in [0.05, 0.1) is 11.6 Å². The zero-order valence-electron chi connectivity index (χ0n) is 10.0. The molecule has 1 aromatic carbocycles. The minimum atomic E-state index is -1.07. The summed E-state index contributed by atoms with van der Waals surface area (Å²) in [5, 5.41) is 20.1. The number of carboxylic acid groups (broad SMARTS) is 1.